The van der Waals surface area contributed by atoms with Crippen molar-refractivity contribution in [3.8, 4) is 0 Å². The average molecular weight is 161 g/mol. The van der Waals surface area contributed by atoms with Crippen molar-refractivity contribution in [1.29, 1.82) is 0 Å². The minimum absolute atomic E-state index is 0.347. The Morgan fingerprint density at radius 1 is 1.44 bits per heavy atom. The van der Waals surface area contributed by atoms with Crippen LogP contribution in [0.25, 0.3) is 0 Å². The normalized spacial score (nSPS) is 15.7. The summed E-state index contributed by atoms with van der Waals surface area (Å²) in [6.45, 7) is 4.83. The fourth-order valence-electron chi connectivity index (χ4n) is 0.758. The molecule has 0 aliphatic rings. The zero-order valence-corrected chi connectivity index (χ0v) is 9.71. The third-order valence-corrected chi connectivity index (χ3v) is 6.80. The summed E-state index contributed by atoms with van der Waals surface area (Å²) >= 11 is 0. The Balaban J connectivity index is 3.16. The maximum absolute atomic E-state index is 2.43. The van der Waals surface area contributed by atoms with Gasteiger partial charge in [0.25, 0.3) is 0 Å². The van der Waals surface area contributed by atoms with Gasteiger partial charge in [0.2, 0.25) is 0 Å². The van der Waals surface area contributed by atoms with E-state index in [4.69, 9.17) is 0 Å². The van der Waals surface area contributed by atoms with Crippen molar-refractivity contribution >= 4 is 18.5 Å². The molecule has 0 saturated heterocycles. The lowest BCUT2D eigenvalue weighted by Crippen LogP contribution is -2.28. The highest BCUT2D eigenvalue weighted by molar-refractivity contribution is 6.55. The van der Waals surface area contributed by atoms with Crippen LogP contribution < -0.4 is 0 Å². The van der Waals surface area contributed by atoms with Crippen molar-refractivity contribution in [1.82, 2.24) is 4.57 Å². The van der Waals surface area contributed by atoms with Gasteiger partial charge in [0.1, 0.15) is 8.96 Å². The molecular weight excluding hydrogens is 142 g/mol. The van der Waals surface area contributed by atoms with Crippen molar-refractivity contribution in [2.45, 2.75) is 25.2 Å². The molecule has 0 rings (SSSR count). The second-order valence-corrected chi connectivity index (χ2v) is 7.97. The molecule has 0 amide bonds. The quantitative estimate of drug-likeness (QED) is 0.544. The van der Waals surface area contributed by atoms with Crippen molar-refractivity contribution < 1.29 is 0 Å². The smallest absolute Gasteiger partial charge is 0.107 e. The predicted molar refractivity (Wildman–Crippen MR) is 50.7 cm³/mol. The van der Waals surface area contributed by atoms with Crippen LogP contribution in [-0.2, 0) is 0 Å². The van der Waals surface area contributed by atoms with Crippen molar-refractivity contribution in [2.24, 2.45) is 0 Å². The van der Waals surface area contributed by atoms with E-state index in [0.29, 0.717) is 9.52 Å². The topological polar surface area (TPSA) is 3.24 Å². The van der Waals surface area contributed by atoms with Gasteiger partial charge in [-0.25, -0.2) is 0 Å². The van der Waals surface area contributed by atoms with Gasteiger partial charge in [-0.2, -0.15) is 0 Å². The molecule has 56 valence electrons. The summed E-state index contributed by atoms with van der Waals surface area (Å²) in [5, 5.41) is 0. The van der Waals surface area contributed by atoms with E-state index in [9.17, 15) is 0 Å². The van der Waals surface area contributed by atoms with Gasteiger partial charge in [-0.3, -0.25) is 0 Å². The van der Waals surface area contributed by atoms with Gasteiger partial charge in [0.05, 0.1) is 0 Å². The summed E-state index contributed by atoms with van der Waals surface area (Å²) in [5.74, 6) is 0. The van der Waals surface area contributed by atoms with Gasteiger partial charge in [-0.05, 0) is 14.1 Å². The Labute approximate surface area is 63.0 Å². The van der Waals surface area contributed by atoms with Gasteiger partial charge >= 0.3 is 0 Å². The Hall–Kier alpha value is 0.394. The lowest BCUT2D eigenvalue weighted by Gasteiger charge is -2.16. The molecule has 1 atom stereocenters. The Morgan fingerprint density at radius 3 is 2.33 bits per heavy atom. The zero-order valence-electron chi connectivity index (χ0n) is 7.15. The first-order valence-electron chi connectivity index (χ1n) is 3.85. The van der Waals surface area contributed by atoms with E-state index in [1.54, 1.807) is 6.04 Å². The molecule has 0 N–H and O–H groups in total. The number of nitrogens with zero attached hydrogens (tertiary/aromatic N) is 1. The third kappa shape index (κ3) is 4.87. The summed E-state index contributed by atoms with van der Waals surface area (Å²) in [7, 11) is 4.35. The van der Waals surface area contributed by atoms with Crippen LogP contribution in [0.1, 0.15) is 0 Å². The minimum Gasteiger partial charge on any atom is -0.332 e. The van der Waals surface area contributed by atoms with Crippen molar-refractivity contribution in [2.75, 3.05) is 14.1 Å². The van der Waals surface area contributed by atoms with Gasteiger partial charge in [0, 0.05) is 9.52 Å². The fraction of sp³-hybridized carbons (Fsp3) is 1.00. The van der Waals surface area contributed by atoms with E-state index < -0.39 is 8.96 Å². The molecule has 1 nitrogen and oxygen atoms in total. The van der Waals surface area contributed by atoms with Crippen LogP contribution >= 0.6 is 0 Å². The van der Waals surface area contributed by atoms with Crippen LogP contribution in [0, 0.1) is 0 Å². The maximum Gasteiger partial charge on any atom is 0.107 e. The van der Waals surface area contributed by atoms with Crippen LogP contribution in [0.5, 0.6) is 0 Å². The molecule has 0 aliphatic heterocycles. The third-order valence-electron chi connectivity index (χ3n) is 1.86. The Bertz CT molecular complexity index is 66.1. The van der Waals surface area contributed by atoms with Gasteiger partial charge in [-0.15, -0.1) is 0 Å². The van der Waals surface area contributed by atoms with Crippen molar-refractivity contribution in [3.63, 3.8) is 0 Å². The summed E-state index contributed by atoms with van der Waals surface area (Å²) in [5.41, 5.74) is 0. The van der Waals surface area contributed by atoms with Crippen LogP contribution in [-0.4, -0.2) is 37.1 Å². The molecule has 0 aromatic carbocycles. The highest BCUT2D eigenvalue weighted by Crippen LogP contribution is 1.98. The summed E-state index contributed by atoms with van der Waals surface area (Å²) in [6.07, 6.45) is 0. The van der Waals surface area contributed by atoms with Crippen LogP contribution in [0.3, 0.4) is 0 Å². The first-order valence-corrected chi connectivity index (χ1v) is 8.75. The van der Waals surface area contributed by atoms with Gasteiger partial charge < -0.3 is 4.57 Å². The van der Waals surface area contributed by atoms with E-state index in [0.717, 1.165) is 0 Å². The van der Waals surface area contributed by atoms with Gasteiger partial charge in [-0.1, -0.05) is 25.2 Å². The first-order chi connectivity index (χ1) is 4.18. The molecule has 0 fully saturated rings. The number of hydrogen-bond acceptors (Lipinski definition) is 1. The summed E-state index contributed by atoms with van der Waals surface area (Å²) in [6, 6.07) is 3.10. The van der Waals surface area contributed by atoms with E-state index in [1.807, 2.05) is 0 Å². The predicted octanol–water partition coefficient (Wildman–Crippen LogP) is 0.537. The monoisotopic (exact) mass is 161 g/mol. The lowest BCUT2D eigenvalue weighted by atomic mass is 10.9. The summed E-state index contributed by atoms with van der Waals surface area (Å²) in [4.78, 5) is 0. The molecule has 0 radical (unpaired) electrons. The zero-order chi connectivity index (χ0) is 7.28. The maximum atomic E-state index is 2.43. The molecule has 3 heteroatoms. The Morgan fingerprint density at radius 2 is 2.00 bits per heavy atom. The standard InChI is InChI=1S/C6H19NSi2/c1-7(2)9(4)6-5-8-3/h9H,5-6,8H2,1-4H3. The van der Waals surface area contributed by atoms with E-state index in [1.165, 1.54) is 6.04 Å². The van der Waals surface area contributed by atoms with Crippen molar-refractivity contribution in [3.05, 3.63) is 0 Å². The molecule has 0 bridgehead atoms. The fourth-order valence-corrected chi connectivity index (χ4v) is 5.27. The number of hydrogen-bond donors (Lipinski definition) is 0. The highest BCUT2D eigenvalue weighted by Gasteiger charge is 2.03. The lowest BCUT2D eigenvalue weighted by molar-refractivity contribution is 0.641. The Kier molecular flexibility index (Phi) is 5.43. The molecule has 0 aromatic rings. The molecule has 1 unspecified atom stereocenters. The van der Waals surface area contributed by atoms with Crippen LogP contribution in [0.4, 0.5) is 0 Å². The van der Waals surface area contributed by atoms with E-state index >= 15 is 0 Å². The SMILES string of the molecule is C[SiH2]CC[SiH](C)N(C)C. The molecule has 0 aliphatic carbocycles. The minimum atomic E-state index is -0.425. The largest absolute Gasteiger partial charge is 0.332 e. The van der Waals surface area contributed by atoms with E-state index in [-0.39, 0.29) is 0 Å². The second-order valence-electron chi connectivity index (χ2n) is 2.95. The molecule has 0 aromatic heterocycles. The average Bonchev–Trinajstić information content (AvgIpc) is 1.82. The summed E-state index contributed by atoms with van der Waals surface area (Å²) < 4.78 is 2.43. The highest BCUT2D eigenvalue weighted by atomic mass is 28.3. The molecule has 0 spiro atoms. The molecule has 0 heterocycles. The molecular formula is C6H19NSi2. The first kappa shape index (κ1) is 9.39. The van der Waals surface area contributed by atoms with E-state index in [2.05, 4.69) is 31.8 Å². The van der Waals surface area contributed by atoms with Gasteiger partial charge in [0.15, 0.2) is 0 Å². The second kappa shape index (κ2) is 5.20. The molecule has 0 saturated carbocycles. The molecule has 9 heavy (non-hydrogen) atoms. The van der Waals surface area contributed by atoms with Crippen LogP contribution in [0.15, 0.2) is 0 Å². The van der Waals surface area contributed by atoms with Crippen LogP contribution in [0.2, 0.25) is 25.2 Å². The number of rotatable bonds is 4.